The summed E-state index contributed by atoms with van der Waals surface area (Å²) < 4.78 is 27.0. The van der Waals surface area contributed by atoms with E-state index in [2.05, 4.69) is 63.9 Å². The molecule has 0 bridgehead atoms. The average molecular weight is 1130 g/mol. The van der Waals surface area contributed by atoms with Crippen molar-refractivity contribution in [2.24, 2.45) is 40.9 Å². The zero-order chi connectivity index (χ0) is 59.4. The summed E-state index contributed by atoms with van der Waals surface area (Å²) in [5.74, 6) is 1.22. The minimum Gasteiger partial charge on any atom is -0.494 e. The van der Waals surface area contributed by atoms with Gasteiger partial charge in [0.1, 0.15) is 52.4 Å². The Hall–Kier alpha value is -9.81. The minimum atomic E-state index is -0.483. The molecule has 6 rings (SSSR count). The quantitative estimate of drug-likeness (QED) is 0.0139. The lowest BCUT2D eigenvalue weighted by Gasteiger charge is -2.22. The Kier molecular flexibility index (Phi) is 25.8. The van der Waals surface area contributed by atoms with Crippen LogP contribution in [0.5, 0.6) is 23.0 Å². The monoisotopic (exact) mass is 1130 g/mol. The number of hydrogen-bond donors (Lipinski definition) is 1. The number of benzene rings is 6. The number of non-ortho nitro benzene ring substituents is 2. The molecule has 0 saturated heterocycles. The van der Waals surface area contributed by atoms with Gasteiger partial charge in [0.2, 0.25) is 5.24 Å². The highest BCUT2D eigenvalue weighted by Crippen LogP contribution is 2.43. The van der Waals surface area contributed by atoms with Crippen molar-refractivity contribution in [3.63, 3.8) is 0 Å². The summed E-state index contributed by atoms with van der Waals surface area (Å²) in [4.78, 5) is 46.2. The van der Waals surface area contributed by atoms with Crippen molar-refractivity contribution in [1.82, 2.24) is 0 Å². The van der Waals surface area contributed by atoms with Gasteiger partial charge in [-0.15, -0.1) is 20.5 Å². The summed E-state index contributed by atoms with van der Waals surface area (Å²) in [6, 6.07) is 32.9. The number of nitro benzene ring substituents is 2. The molecule has 0 heterocycles. The first-order valence-electron chi connectivity index (χ1n) is 24.6. The third-order valence-corrected chi connectivity index (χ3v) is 11.3. The number of aliphatic hydroxyl groups excluding tert-OH is 1. The van der Waals surface area contributed by atoms with E-state index in [0.717, 1.165) is 24.5 Å². The van der Waals surface area contributed by atoms with Crippen molar-refractivity contribution >= 4 is 91.1 Å². The van der Waals surface area contributed by atoms with Gasteiger partial charge in [-0.3, -0.25) is 25.0 Å². The highest BCUT2D eigenvalue weighted by Gasteiger charge is 2.15. The molecule has 6 aromatic carbocycles. The van der Waals surface area contributed by atoms with Gasteiger partial charge in [-0.2, -0.15) is 20.5 Å². The Labute approximate surface area is 472 Å². The highest BCUT2D eigenvalue weighted by molar-refractivity contribution is 6.67. The van der Waals surface area contributed by atoms with Gasteiger partial charge in [0.15, 0.2) is 0 Å². The zero-order valence-corrected chi connectivity index (χ0v) is 46.6. The molecule has 0 radical (unpaired) electrons. The molecular weight excluding hydrogens is 1070 g/mol. The molecule has 0 atom stereocenters. The van der Waals surface area contributed by atoms with E-state index in [0.29, 0.717) is 92.7 Å². The molecule has 1 N–H and O–H groups in total. The Morgan fingerprint density at radius 2 is 0.802 bits per heavy atom. The molecule has 81 heavy (non-hydrogen) atoms. The summed E-state index contributed by atoms with van der Waals surface area (Å²) >= 11 is 4.87. The number of azo groups is 4. The van der Waals surface area contributed by atoms with E-state index in [1.807, 2.05) is 62.4 Å². The Morgan fingerprint density at radius 1 is 0.519 bits per heavy atom. The number of carbonyl (C=O) groups excluding carboxylic acids is 2. The lowest BCUT2D eigenvalue weighted by molar-refractivity contribution is -0.385. The SMILES string of the molecule is C=C(C)C(=O)Cl.C=C(C)C(=O)OCCN(CC)c1ccc(N=Nc2cc(OC)c(N=Nc3ccc([N+](=O)[O-])cc3)cc2OC)cc1.CCN(CCO)c1ccc(N=Nc2cc(OC)c(N=Nc3ccc([N+](=O)[O-])cc3)cc2OC)cc1. The highest BCUT2D eigenvalue weighted by atomic mass is 35.5. The molecule has 0 aromatic heterocycles. The number of rotatable bonds is 25. The number of hydrogen-bond acceptors (Lipinski definition) is 22. The molecule has 24 nitrogen and oxygen atoms in total. The maximum absolute atomic E-state index is 11.6. The molecule has 0 fully saturated rings. The molecule has 0 aliphatic rings. The standard InChI is InChI=1S/C28H30N6O6.C24H26N6O5.C4H5ClO/c1-6-33(15-16-40-28(35)19(2)3)22-11-7-20(8-12-22)29-31-24-17-27(39-5)25(18-26(24)38-4)32-30-21-9-13-23(14-10-21)34(36)37;1-4-29(13-14-31)19-9-5-17(6-10-19)25-27-21-15-24(35-3)22(16-23(21)34-2)28-26-18-7-11-20(12-8-18)30(32)33;1-3(2)4(5)6/h7-14,17-18H,2,6,15-16H2,1,3-5H3;5-12,15-16,31H,4,13-14H2,1-3H3;1H2,2H3. The van der Waals surface area contributed by atoms with Crippen LogP contribution < -0.4 is 28.7 Å². The van der Waals surface area contributed by atoms with Crippen molar-refractivity contribution in [3.05, 3.63) is 166 Å². The van der Waals surface area contributed by atoms with Crippen LogP contribution >= 0.6 is 11.6 Å². The number of halogens is 1. The van der Waals surface area contributed by atoms with E-state index < -0.39 is 21.1 Å². The van der Waals surface area contributed by atoms with Crippen molar-refractivity contribution in [2.45, 2.75) is 27.7 Å². The number of likely N-dealkylation sites (N-methyl/N-ethyl adjacent to an activating group) is 2. The molecule has 25 heteroatoms. The van der Waals surface area contributed by atoms with Crippen LogP contribution in [0, 0.1) is 20.2 Å². The second-order valence-corrected chi connectivity index (χ2v) is 17.0. The smallest absolute Gasteiger partial charge is 0.333 e. The van der Waals surface area contributed by atoms with E-state index in [1.165, 1.54) is 77.0 Å². The van der Waals surface area contributed by atoms with Crippen LogP contribution in [0.2, 0.25) is 0 Å². The average Bonchev–Trinajstić information content (AvgIpc) is 3.48. The summed E-state index contributed by atoms with van der Waals surface area (Å²) in [5.41, 5.74) is 6.44. The van der Waals surface area contributed by atoms with Gasteiger partial charge >= 0.3 is 5.97 Å². The van der Waals surface area contributed by atoms with Crippen LogP contribution in [0.4, 0.5) is 68.2 Å². The second-order valence-electron chi connectivity index (χ2n) is 16.6. The fraction of sp³-hybridized carbons (Fsp3) is 0.250. The van der Waals surface area contributed by atoms with Gasteiger partial charge in [-0.1, -0.05) is 13.2 Å². The zero-order valence-electron chi connectivity index (χ0n) is 45.9. The molecule has 0 unspecified atom stereocenters. The first-order valence-corrected chi connectivity index (χ1v) is 24.9. The summed E-state index contributed by atoms with van der Waals surface area (Å²) in [6.45, 7) is 17.0. The van der Waals surface area contributed by atoms with Gasteiger partial charge in [0, 0.05) is 90.7 Å². The molecular formula is C56H61ClN12O12. The Morgan fingerprint density at radius 3 is 1.04 bits per heavy atom. The number of esters is 1. The second kappa shape index (κ2) is 32.8. The molecule has 0 spiro atoms. The lowest BCUT2D eigenvalue weighted by Crippen LogP contribution is -2.28. The maximum atomic E-state index is 11.6. The summed E-state index contributed by atoms with van der Waals surface area (Å²) in [7, 11) is 6.00. The van der Waals surface area contributed by atoms with Gasteiger partial charge in [0.25, 0.3) is 11.4 Å². The van der Waals surface area contributed by atoms with Gasteiger partial charge in [0.05, 0.1) is 74.2 Å². The third-order valence-electron chi connectivity index (χ3n) is 11.0. The number of aliphatic hydroxyl groups is 1. The summed E-state index contributed by atoms with van der Waals surface area (Å²) in [5, 5.41) is 64.2. The number of ether oxygens (including phenoxy) is 5. The van der Waals surface area contributed by atoms with Crippen LogP contribution in [-0.4, -0.2) is 94.0 Å². The van der Waals surface area contributed by atoms with E-state index in [-0.39, 0.29) is 24.6 Å². The molecule has 0 aliphatic heterocycles. The van der Waals surface area contributed by atoms with Gasteiger partial charge in [-0.25, -0.2) is 4.79 Å². The largest absolute Gasteiger partial charge is 0.494 e. The molecule has 6 aromatic rings. The maximum Gasteiger partial charge on any atom is 0.333 e. The Bertz CT molecular complexity index is 3220. The van der Waals surface area contributed by atoms with E-state index in [9.17, 15) is 34.9 Å². The molecule has 424 valence electrons. The molecule has 0 amide bonds. The predicted octanol–water partition coefficient (Wildman–Crippen LogP) is 15.0. The fourth-order valence-corrected chi connectivity index (χ4v) is 6.66. The number of allylic oxidation sites excluding steroid dienone is 1. The minimum absolute atomic E-state index is 0.0274. The van der Waals surface area contributed by atoms with Crippen molar-refractivity contribution in [3.8, 4) is 23.0 Å². The van der Waals surface area contributed by atoms with Crippen molar-refractivity contribution in [2.75, 3.05) is 77.6 Å². The van der Waals surface area contributed by atoms with Gasteiger partial charge < -0.3 is 38.6 Å². The normalized spacial score (nSPS) is 10.8. The Balaban J connectivity index is 0.000000318. The predicted molar refractivity (Wildman–Crippen MR) is 309 cm³/mol. The number of methoxy groups -OCH3 is 4. The van der Waals surface area contributed by atoms with E-state index in [1.54, 1.807) is 38.1 Å². The molecule has 0 saturated carbocycles. The van der Waals surface area contributed by atoms with Crippen LogP contribution in [-0.2, 0) is 14.3 Å². The van der Waals surface area contributed by atoms with Crippen LogP contribution in [0.3, 0.4) is 0 Å². The van der Waals surface area contributed by atoms with E-state index in [4.69, 9.17) is 35.3 Å². The number of nitro groups is 2. The van der Waals surface area contributed by atoms with Crippen LogP contribution in [0.1, 0.15) is 27.7 Å². The lowest BCUT2D eigenvalue weighted by atomic mass is 10.2. The van der Waals surface area contributed by atoms with E-state index >= 15 is 0 Å². The van der Waals surface area contributed by atoms with Crippen molar-refractivity contribution < 1.29 is 48.2 Å². The van der Waals surface area contributed by atoms with Crippen LogP contribution in [0.25, 0.3) is 0 Å². The first kappa shape index (κ1) is 63.7. The third kappa shape index (κ3) is 20.2. The molecule has 0 aliphatic carbocycles. The topological polar surface area (TPSA) is 292 Å². The number of nitrogens with zero attached hydrogens (tertiary/aromatic N) is 12. The van der Waals surface area contributed by atoms with Gasteiger partial charge in [-0.05, 0) is 112 Å². The first-order chi connectivity index (χ1) is 38.9. The van der Waals surface area contributed by atoms with Crippen LogP contribution in [0.15, 0.2) is 187 Å². The summed E-state index contributed by atoms with van der Waals surface area (Å²) in [6.07, 6.45) is 0. The van der Waals surface area contributed by atoms with Crippen molar-refractivity contribution in [1.29, 1.82) is 0 Å². The number of carbonyl (C=O) groups is 2. The fourth-order valence-electron chi connectivity index (χ4n) is 6.66. The number of anilines is 2.